The van der Waals surface area contributed by atoms with Crippen molar-refractivity contribution in [2.24, 2.45) is 0 Å². The van der Waals surface area contributed by atoms with Crippen LogP contribution in [0.1, 0.15) is 24.1 Å². The summed E-state index contributed by atoms with van der Waals surface area (Å²) in [5.74, 6) is -1.09. The fraction of sp³-hybridized carbons (Fsp3) is 0.235. The van der Waals surface area contributed by atoms with Crippen LogP contribution in [0.4, 0.5) is 13.2 Å². The first-order chi connectivity index (χ1) is 11.6. The van der Waals surface area contributed by atoms with Gasteiger partial charge in [0.1, 0.15) is 0 Å². The maximum atomic E-state index is 13.0. The van der Waals surface area contributed by atoms with Crippen LogP contribution in [-0.4, -0.2) is 24.1 Å². The second-order valence-electron chi connectivity index (χ2n) is 5.93. The van der Waals surface area contributed by atoms with Crippen LogP contribution in [-0.2, 0) is 20.2 Å². The number of hydrogen-bond donors (Lipinski definition) is 0. The Kier molecular flexibility index (Phi) is 3.90. The van der Waals surface area contributed by atoms with Gasteiger partial charge in [0.05, 0.1) is 11.5 Å². The molecule has 1 heterocycles. The fourth-order valence-corrected chi connectivity index (χ4v) is 4.40. The topological polar surface area (TPSA) is 54.5 Å². The zero-order chi connectivity index (χ0) is 18.5. The van der Waals surface area contributed by atoms with E-state index in [1.165, 1.54) is 19.1 Å². The Bertz CT molecular complexity index is 898. The van der Waals surface area contributed by atoms with Crippen molar-refractivity contribution in [3.05, 3.63) is 71.8 Å². The van der Waals surface area contributed by atoms with E-state index in [4.69, 9.17) is 0 Å². The second-order valence-corrected chi connectivity index (χ2v) is 7.74. The first kappa shape index (κ1) is 17.5. The molecule has 0 aromatic heterocycles. The van der Waals surface area contributed by atoms with Crippen LogP contribution < -0.4 is 0 Å². The summed E-state index contributed by atoms with van der Waals surface area (Å²) in [7, 11) is -5.78. The minimum absolute atomic E-state index is 0.0463. The molecule has 25 heavy (non-hydrogen) atoms. The molecular weight excluding hydrogens is 355 g/mol. The normalized spacial score (nSPS) is 24.1. The zero-order valence-electron chi connectivity index (χ0n) is 13.1. The molecule has 4 nitrogen and oxygen atoms in total. The van der Waals surface area contributed by atoms with Crippen LogP contribution in [0, 0.1) is 0 Å². The molecule has 0 bridgehead atoms. The summed E-state index contributed by atoms with van der Waals surface area (Å²) in [6.07, 6.45) is 0. The molecule has 1 aliphatic rings. The molecule has 1 aliphatic heterocycles. The maximum absolute atomic E-state index is 13.0. The predicted octanol–water partition coefficient (Wildman–Crippen LogP) is 3.38. The quantitative estimate of drug-likeness (QED) is 0.780. The minimum Gasteiger partial charge on any atom is -0.273 e. The Labute approximate surface area is 142 Å². The van der Waals surface area contributed by atoms with E-state index in [9.17, 15) is 26.4 Å². The summed E-state index contributed by atoms with van der Waals surface area (Å²) in [6.45, 7) is 1.46. The Hall–Kier alpha value is -2.35. The Morgan fingerprint density at radius 3 is 1.92 bits per heavy atom. The number of carbonyl (C=O) groups excluding carboxylic acids is 1. The lowest BCUT2D eigenvalue weighted by Crippen LogP contribution is -2.67. The van der Waals surface area contributed by atoms with Gasteiger partial charge in [0.15, 0.2) is 0 Å². The molecule has 2 aromatic carbocycles. The molecule has 1 saturated heterocycles. The van der Waals surface area contributed by atoms with Gasteiger partial charge in [-0.2, -0.15) is 21.6 Å². The molecule has 0 unspecified atom stereocenters. The number of alkyl halides is 3. The molecule has 0 spiro atoms. The SMILES string of the molecule is C[C@]1(c2ccccc2)C(=O)N(S(=O)(=O)C(F)(F)F)[C@@H]1c1ccccc1. The van der Waals surface area contributed by atoms with E-state index in [0.717, 1.165) is 0 Å². The number of sulfonamides is 1. The molecule has 0 radical (unpaired) electrons. The summed E-state index contributed by atoms with van der Waals surface area (Å²) >= 11 is 0. The van der Waals surface area contributed by atoms with Crippen molar-refractivity contribution >= 4 is 15.9 Å². The van der Waals surface area contributed by atoms with Crippen molar-refractivity contribution in [2.75, 3.05) is 0 Å². The molecular formula is C17H14F3NO3S. The molecule has 0 aliphatic carbocycles. The average Bonchev–Trinajstić information content (AvgIpc) is 2.58. The highest BCUT2D eigenvalue weighted by Crippen LogP contribution is 2.54. The minimum atomic E-state index is -5.78. The molecule has 2 atom stereocenters. The standard InChI is InChI=1S/C17H14F3NO3S/c1-16(13-10-6-3-7-11-13)14(12-8-4-2-5-9-12)21(15(16)22)25(23,24)17(18,19)20/h2-11,14H,1H3/t14-,16-/m1/s1. The van der Waals surface area contributed by atoms with Crippen molar-refractivity contribution < 1.29 is 26.4 Å². The van der Waals surface area contributed by atoms with Crippen molar-refractivity contribution in [3.8, 4) is 0 Å². The van der Waals surface area contributed by atoms with Gasteiger partial charge in [-0.15, -0.1) is 0 Å². The molecule has 8 heteroatoms. The van der Waals surface area contributed by atoms with Gasteiger partial charge < -0.3 is 0 Å². The highest BCUT2D eigenvalue weighted by Gasteiger charge is 2.68. The number of carbonyl (C=O) groups is 1. The molecule has 132 valence electrons. The lowest BCUT2D eigenvalue weighted by molar-refractivity contribution is -0.152. The lowest BCUT2D eigenvalue weighted by atomic mass is 9.66. The maximum Gasteiger partial charge on any atom is 0.516 e. The van der Waals surface area contributed by atoms with Gasteiger partial charge >= 0.3 is 15.5 Å². The number of nitrogens with zero attached hydrogens (tertiary/aromatic N) is 1. The van der Waals surface area contributed by atoms with Gasteiger partial charge in [-0.1, -0.05) is 60.7 Å². The summed E-state index contributed by atoms with van der Waals surface area (Å²) in [6, 6.07) is 14.8. The number of β-lactam (4-membered cyclic amide) rings is 1. The van der Waals surface area contributed by atoms with E-state index in [1.807, 2.05) is 0 Å². The van der Waals surface area contributed by atoms with Gasteiger partial charge in [-0.3, -0.25) is 4.79 Å². The van der Waals surface area contributed by atoms with Crippen molar-refractivity contribution in [2.45, 2.75) is 23.9 Å². The smallest absolute Gasteiger partial charge is 0.273 e. The zero-order valence-corrected chi connectivity index (χ0v) is 13.9. The van der Waals surface area contributed by atoms with E-state index in [2.05, 4.69) is 0 Å². The molecule has 0 saturated carbocycles. The number of amides is 1. The van der Waals surface area contributed by atoms with E-state index in [0.29, 0.717) is 11.1 Å². The number of benzene rings is 2. The van der Waals surface area contributed by atoms with Gasteiger partial charge in [-0.05, 0) is 18.1 Å². The van der Waals surface area contributed by atoms with Crippen molar-refractivity contribution in [1.82, 2.24) is 4.31 Å². The molecule has 1 amide bonds. The lowest BCUT2D eigenvalue weighted by Gasteiger charge is -2.53. The van der Waals surface area contributed by atoms with Crippen LogP contribution in [0.25, 0.3) is 0 Å². The van der Waals surface area contributed by atoms with E-state index < -0.39 is 32.9 Å². The molecule has 3 rings (SSSR count). The van der Waals surface area contributed by atoms with Crippen LogP contribution in [0.5, 0.6) is 0 Å². The molecule has 0 N–H and O–H groups in total. The van der Waals surface area contributed by atoms with Crippen LogP contribution in [0.3, 0.4) is 0 Å². The number of halogens is 3. The highest BCUT2D eigenvalue weighted by atomic mass is 32.2. The van der Waals surface area contributed by atoms with Crippen molar-refractivity contribution in [1.29, 1.82) is 0 Å². The largest absolute Gasteiger partial charge is 0.516 e. The summed E-state index contributed by atoms with van der Waals surface area (Å²) in [4.78, 5) is 12.6. The second kappa shape index (κ2) is 5.59. The predicted molar refractivity (Wildman–Crippen MR) is 84.8 cm³/mol. The number of rotatable bonds is 3. The van der Waals surface area contributed by atoms with E-state index in [1.54, 1.807) is 48.5 Å². The third kappa shape index (κ3) is 2.43. The molecule has 2 aromatic rings. The first-order valence-electron chi connectivity index (χ1n) is 7.37. The van der Waals surface area contributed by atoms with Gasteiger partial charge in [0.2, 0.25) is 5.91 Å². The van der Waals surface area contributed by atoms with Gasteiger partial charge in [0, 0.05) is 0 Å². The Morgan fingerprint density at radius 2 is 1.44 bits per heavy atom. The van der Waals surface area contributed by atoms with E-state index >= 15 is 0 Å². The third-order valence-corrected chi connectivity index (χ3v) is 5.95. The summed E-state index contributed by atoms with van der Waals surface area (Å²) in [5, 5.41) is 0. The fourth-order valence-electron chi connectivity index (χ4n) is 3.16. The Morgan fingerprint density at radius 1 is 0.960 bits per heavy atom. The van der Waals surface area contributed by atoms with Crippen LogP contribution in [0.2, 0.25) is 0 Å². The third-order valence-electron chi connectivity index (χ3n) is 4.47. The van der Waals surface area contributed by atoms with Crippen molar-refractivity contribution in [3.63, 3.8) is 0 Å². The monoisotopic (exact) mass is 369 g/mol. The average molecular weight is 369 g/mol. The van der Waals surface area contributed by atoms with Gasteiger partial charge in [0.25, 0.3) is 0 Å². The first-order valence-corrected chi connectivity index (χ1v) is 8.81. The van der Waals surface area contributed by atoms with E-state index in [-0.39, 0.29) is 4.31 Å². The highest BCUT2D eigenvalue weighted by molar-refractivity contribution is 7.90. The number of hydrogen-bond acceptors (Lipinski definition) is 3. The molecule has 1 fully saturated rings. The summed E-state index contributed by atoms with van der Waals surface area (Å²) in [5.41, 5.74) is -6.17. The Balaban J connectivity index is 2.19. The van der Waals surface area contributed by atoms with Crippen LogP contribution in [0.15, 0.2) is 60.7 Å². The van der Waals surface area contributed by atoms with Gasteiger partial charge in [-0.25, -0.2) is 4.31 Å². The van der Waals surface area contributed by atoms with Crippen LogP contribution >= 0.6 is 0 Å². The summed E-state index contributed by atoms with van der Waals surface area (Å²) < 4.78 is 62.9.